The van der Waals surface area contributed by atoms with E-state index in [9.17, 15) is 9.18 Å². The highest BCUT2D eigenvalue weighted by atomic mass is 127. The van der Waals surface area contributed by atoms with E-state index >= 15 is 0 Å². The normalized spacial score (nSPS) is 16.8. The maximum atomic E-state index is 14.3. The zero-order valence-electron chi connectivity index (χ0n) is 13.7. The lowest BCUT2D eigenvalue weighted by molar-refractivity contribution is 0.0943. The first kappa shape index (κ1) is 17.6. The van der Waals surface area contributed by atoms with Crippen molar-refractivity contribution in [3.63, 3.8) is 0 Å². The van der Waals surface area contributed by atoms with Crippen LogP contribution >= 0.6 is 33.9 Å². The third-order valence-electron chi connectivity index (χ3n) is 4.27. The molecule has 1 fully saturated rings. The molecular formula is C18H16FIN4OS. The molecule has 0 bridgehead atoms. The van der Waals surface area contributed by atoms with Crippen LogP contribution < -0.4 is 16.0 Å². The van der Waals surface area contributed by atoms with Crippen LogP contribution in [0.2, 0.25) is 0 Å². The van der Waals surface area contributed by atoms with Crippen molar-refractivity contribution in [3.05, 3.63) is 51.5 Å². The molecule has 1 atom stereocenters. The van der Waals surface area contributed by atoms with Crippen LogP contribution in [0, 0.1) is 9.39 Å². The Morgan fingerprint density at radius 2 is 2.27 bits per heavy atom. The Morgan fingerprint density at radius 3 is 3.04 bits per heavy atom. The summed E-state index contributed by atoms with van der Waals surface area (Å²) in [6.07, 6.45) is 2.59. The second-order valence-electron chi connectivity index (χ2n) is 6.07. The van der Waals surface area contributed by atoms with Crippen LogP contribution in [0.25, 0.3) is 10.2 Å². The molecule has 3 N–H and O–H groups in total. The van der Waals surface area contributed by atoms with Crippen molar-refractivity contribution in [2.45, 2.75) is 12.5 Å². The largest absolute Gasteiger partial charge is 0.348 e. The number of aromatic nitrogens is 1. The summed E-state index contributed by atoms with van der Waals surface area (Å²) in [6.45, 7) is 1.66. The number of rotatable bonds is 4. The van der Waals surface area contributed by atoms with Gasteiger partial charge in [-0.1, -0.05) is 11.3 Å². The van der Waals surface area contributed by atoms with Crippen molar-refractivity contribution >= 4 is 60.7 Å². The Kier molecular flexibility index (Phi) is 5.05. The summed E-state index contributed by atoms with van der Waals surface area (Å²) in [5.41, 5.74) is 0.858. The Morgan fingerprint density at radius 1 is 1.38 bits per heavy atom. The summed E-state index contributed by atoms with van der Waals surface area (Å²) in [5, 5.41) is 10.8. The quantitative estimate of drug-likeness (QED) is 0.494. The summed E-state index contributed by atoms with van der Waals surface area (Å²) in [5.74, 6) is -0.514. The molecule has 1 aliphatic heterocycles. The summed E-state index contributed by atoms with van der Waals surface area (Å²) in [4.78, 5) is 18.0. The third kappa shape index (κ3) is 3.53. The van der Waals surface area contributed by atoms with Gasteiger partial charge in [-0.05, 0) is 65.9 Å². The molecule has 1 aliphatic rings. The Hall–Kier alpha value is -1.78. The second kappa shape index (κ2) is 7.45. The smallest absolute Gasteiger partial charge is 0.255 e. The van der Waals surface area contributed by atoms with Crippen molar-refractivity contribution in [1.29, 1.82) is 0 Å². The summed E-state index contributed by atoms with van der Waals surface area (Å²) in [6, 6.07) is 8.74. The van der Waals surface area contributed by atoms with E-state index in [2.05, 4.69) is 43.5 Å². The number of anilines is 2. The number of fused-ring (bicyclic) bond motifs is 1. The van der Waals surface area contributed by atoms with E-state index in [1.54, 1.807) is 18.3 Å². The number of hydrogen-bond donors (Lipinski definition) is 3. The molecule has 5 nitrogen and oxygen atoms in total. The molecule has 4 rings (SSSR count). The molecule has 0 spiro atoms. The van der Waals surface area contributed by atoms with E-state index in [1.807, 2.05) is 12.1 Å². The molecule has 2 aromatic heterocycles. The van der Waals surface area contributed by atoms with Gasteiger partial charge in [-0.25, -0.2) is 9.37 Å². The van der Waals surface area contributed by atoms with Crippen molar-refractivity contribution < 1.29 is 9.18 Å². The SMILES string of the molecule is O=C(N[C@H]1CCNC1)c1c(Nc2ccc(I)cc2F)sc2ncccc12. The first-order valence-electron chi connectivity index (χ1n) is 8.23. The van der Waals surface area contributed by atoms with Gasteiger partial charge in [-0.2, -0.15) is 0 Å². The number of benzene rings is 1. The topological polar surface area (TPSA) is 66.1 Å². The van der Waals surface area contributed by atoms with Crippen molar-refractivity contribution in [1.82, 2.24) is 15.6 Å². The third-order valence-corrected chi connectivity index (χ3v) is 5.97. The minimum absolute atomic E-state index is 0.108. The van der Waals surface area contributed by atoms with Crippen LogP contribution in [0.15, 0.2) is 36.5 Å². The van der Waals surface area contributed by atoms with Crippen molar-refractivity contribution in [3.8, 4) is 0 Å². The van der Waals surface area contributed by atoms with Gasteiger partial charge in [0.25, 0.3) is 5.91 Å². The summed E-state index contributed by atoms with van der Waals surface area (Å²) in [7, 11) is 0. The minimum atomic E-state index is -0.353. The Labute approximate surface area is 167 Å². The molecule has 1 aromatic carbocycles. The van der Waals surface area contributed by atoms with Gasteiger partial charge in [0.1, 0.15) is 15.6 Å². The van der Waals surface area contributed by atoms with Crippen LogP contribution in [-0.2, 0) is 0 Å². The van der Waals surface area contributed by atoms with Gasteiger partial charge in [0.15, 0.2) is 0 Å². The van der Waals surface area contributed by atoms with E-state index in [4.69, 9.17) is 0 Å². The summed E-state index contributed by atoms with van der Waals surface area (Å²) < 4.78 is 15.1. The second-order valence-corrected chi connectivity index (χ2v) is 8.32. The van der Waals surface area contributed by atoms with E-state index < -0.39 is 0 Å². The predicted molar refractivity (Wildman–Crippen MR) is 111 cm³/mol. The van der Waals surface area contributed by atoms with Gasteiger partial charge in [0, 0.05) is 27.7 Å². The lowest BCUT2D eigenvalue weighted by Crippen LogP contribution is -2.36. The molecule has 0 radical (unpaired) electrons. The molecule has 8 heteroatoms. The number of halogens is 2. The average molecular weight is 482 g/mol. The van der Waals surface area contributed by atoms with Crippen LogP contribution in [0.1, 0.15) is 16.8 Å². The van der Waals surface area contributed by atoms with E-state index in [1.165, 1.54) is 17.4 Å². The minimum Gasteiger partial charge on any atom is -0.348 e. The first-order chi connectivity index (χ1) is 12.6. The molecule has 26 heavy (non-hydrogen) atoms. The van der Waals surface area contributed by atoms with Gasteiger partial charge in [0.2, 0.25) is 0 Å². The molecule has 0 unspecified atom stereocenters. The highest BCUT2D eigenvalue weighted by Crippen LogP contribution is 2.37. The van der Waals surface area contributed by atoms with Crippen LogP contribution in [0.5, 0.6) is 0 Å². The van der Waals surface area contributed by atoms with E-state index in [-0.39, 0.29) is 17.8 Å². The number of carbonyl (C=O) groups excluding carboxylic acids is 1. The lowest BCUT2D eigenvalue weighted by atomic mass is 10.1. The molecule has 0 saturated carbocycles. The predicted octanol–water partition coefficient (Wildman–Crippen LogP) is 3.88. The molecular weight excluding hydrogens is 466 g/mol. The zero-order chi connectivity index (χ0) is 18.1. The van der Waals surface area contributed by atoms with Gasteiger partial charge in [-0.15, -0.1) is 0 Å². The van der Waals surface area contributed by atoms with Gasteiger partial charge < -0.3 is 16.0 Å². The van der Waals surface area contributed by atoms with Gasteiger partial charge >= 0.3 is 0 Å². The zero-order valence-corrected chi connectivity index (χ0v) is 16.7. The van der Waals surface area contributed by atoms with E-state index in [0.29, 0.717) is 16.3 Å². The fraction of sp³-hybridized carbons (Fsp3) is 0.222. The number of hydrogen-bond acceptors (Lipinski definition) is 5. The Balaban J connectivity index is 1.72. The monoisotopic (exact) mass is 482 g/mol. The number of pyridine rings is 1. The molecule has 1 amide bonds. The number of nitrogens with one attached hydrogen (secondary N) is 3. The van der Waals surface area contributed by atoms with Crippen molar-refractivity contribution in [2.24, 2.45) is 0 Å². The van der Waals surface area contributed by atoms with Crippen LogP contribution in [0.4, 0.5) is 15.1 Å². The fourth-order valence-corrected chi connectivity index (χ4v) is 4.50. The van der Waals surface area contributed by atoms with E-state index in [0.717, 1.165) is 33.3 Å². The van der Waals surface area contributed by atoms with Crippen LogP contribution in [0.3, 0.4) is 0 Å². The maximum Gasteiger partial charge on any atom is 0.255 e. The van der Waals surface area contributed by atoms with Gasteiger partial charge in [-0.3, -0.25) is 4.79 Å². The number of nitrogens with zero attached hydrogens (tertiary/aromatic N) is 1. The fourth-order valence-electron chi connectivity index (χ4n) is 2.99. The first-order valence-corrected chi connectivity index (χ1v) is 10.1. The van der Waals surface area contributed by atoms with Crippen LogP contribution in [-0.4, -0.2) is 30.0 Å². The standard InChI is InChI=1S/C18H16FIN4OS/c19-13-8-10(20)3-4-14(13)24-18-15(12-2-1-6-22-17(12)26-18)16(25)23-11-5-7-21-9-11/h1-4,6,8,11,21,24H,5,7,9H2,(H,23,25)/t11-/m0/s1. The lowest BCUT2D eigenvalue weighted by Gasteiger charge is -2.13. The van der Waals surface area contributed by atoms with Crippen molar-refractivity contribution in [2.75, 3.05) is 18.4 Å². The molecule has 0 aliphatic carbocycles. The summed E-state index contributed by atoms with van der Waals surface area (Å²) >= 11 is 3.41. The maximum absolute atomic E-state index is 14.3. The molecule has 134 valence electrons. The molecule has 1 saturated heterocycles. The highest BCUT2D eigenvalue weighted by molar-refractivity contribution is 14.1. The number of thiophene rings is 1. The molecule has 3 aromatic rings. The molecule has 3 heterocycles. The highest BCUT2D eigenvalue weighted by Gasteiger charge is 2.24. The average Bonchev–Trinajstić information content (AvgIpc) is 3.24. The Bertz CT molecular complexity index is 971. The number of carbonyl (C=O) groups is 1. The number of amides is 1. The van der Waals surface area contributed by atoms with Gasteiger partial charge in [0.05, 0.1) is 11.3 Å².